The van der Waals surface area contributed by atoms with Crippen molar-refractivity contribution >= 4 is 23.4 Å². The summed E-state index contributed by atoms with van der Waals surface area (Å²) < 4.78 is 0. The van der Waals surface area contributed by atoms with Crippen LogP contribution in [-0.2, 0) is 4.79 Å². The van der Waals surface area contributed by atoms with Gasteiger partial charge < -0.3 is 9.80 Å². The summed E-state index contributed by atoms with van der Waals surface area (Å²) in [5.41, 5.74) is 1.83. The minimum Gasteiger partial charge on any atom is -0.338 e. The molecular weight excluding hydrogens is 372 g/mol. The number of amides is 2. The van der Waals surface area contributed by atoms with Gasteiger partial charge in [-0.25, -0.2) is 0 Å². The Bertz CT molecular complexity index is 837. The Labute approximate surface area is 171 Å². The fourth-order valence-electron chi connectivity index (χ4n) is 4.42. The molecule has 2 fully saturated rings. The van der Waals surface area contributed by atoms with Crippen LogP contribution in [0.15, 0.2) is 54.6 Å². The third-order valence-electron chi connectivity index (χ3n) is 5.87. The van der Waals surface area contributed by atoms with Crippen molar-refractivity contribution < 1.29 is 9.59 Å². The first-order valence-corrected chi connectivity index (χ1v) is 10.4. The Kier molecular flexibility index (Phi) is 5.67. The van der Waals surface area contributed by atoms with Crippen LogP contribution in [-0.4, -0.2) is 41.2 Å². The van der Waals surface area contributed by atoms with Crippen LogP contribution in [0, 0.1) is 5.92 Å². The maximum absolute atomic E-state index is 13.3. The highest BCUT2D eigenvalue weighted by Crippen LogP contribution is 2.34. The molecule has 0 saturated carbocycles. The van der Waals surface area contributed by atoms with Gasteiger partial charge >= 0.3 is 0 Å². The number of rotatable bonds is 3. The van der Waals surface area contributed by atoms with Crippen molar-refractivity contribution in [2.45, 2.75) is 31.7 Å². The smallest absolute Gasteiger partial charge is 0.253 e. The Balaban J connectivity index is 1.46. The quantitative estimate of drug-likeness (QED) is 0.763. The fourth-order valence-corrected chi connectivity index (χ4v) is 4.55. The zero-order valence-corrected chi connectivity index (χ0v) is 16.6. The van der Waals surface area contributed by atoms with E-state index in [1.165, 1.54) is 5.56 Å². The SMILES string of the molecule is O=C(c1ccc(Cl)cc1)N1CCC[C@@H](C(=O)N2CCC[C@H]2c2ccccc2)C1. The normalized spacial score (nSPS) is 22.3. The number of hydrogen-bond acceptors (Lipinski definition) is 2. The second-order valence-electron chi connectivity index (χ2n) is 7.70. The zero-order valence-electron chi connectivity index (χ0n) is 15.9. The molecule has 2 aliphatic rings. The molecule has 2 atom stereocenters. The summed E-state index contributed by atoms with van der Waals surface area (Å²) in [7, 11) is 0. The third kappa shape index (κ3) is 3.93. The lowest BCUT2D eigenvalue weighted by molar-refractivity contribution is -0.137. The van der Waals surface area contributed by atoms with E-state index in [4.69, 9.17) is 11.6 Å². The molecule has 4 nitrogen and oxygen atoms in total. The maximum Gasteiger partial charge on any atom is 0.253 e. The maximum atomic E-state index is 13.3. The molecule has 5 heteroatoms. The second-order valence-corrected chi connectivity index (χ2v) is 8.13. The molecule has 0 unspecified atom stereocenters. The summed E-state index contributed by atoms with van der Waals surface area (Å²) in [5, 5.41) is 0.615. The van der Waals surface area contributed by atoms with E-state index in [0.29, 0.717) is 23.7 Å². The highest BCUT2D eigenvalue weighted by atomic mass is 35.5. The molecular formula is C23H25ClN2O2. The minimum absolute atomic E-state index is 0.0183. The van der Waals surface area contributed by atoms with Crippen molar-refractivity contribution in [3.05, 3.63) is 70.7 Å². The molecule has 2 amide bonds. The van der Waals surface area contributed by atoms with Crippen LogP contribution in [0.5, 0.6) is 0 Å². The minimum atomic E-state index is -0.116. The van der Waals surface area contributed by atoms with Crippen LogP contribution >= 0.6 is 11.6 Å². The molecule has 4 rings (SSSR count). The Morgan fingerprint density at radius 3 is 2.36 bits per heavy atom. The molecule has 28 heavy (non-hydrogen) atoms. The van der Waals surface area contributed by atoms with Crippen molar-refractivity contribution in [2.24, 2.45) is 5.92 Å². The van der Waals surface area contributed by atoms with Gasteiger partial charge in [-0.1, -0.05) is 41.9 Å². The topological polar surface area (TPSA) is 40.6 Å². The van der Waals surface area contributed by atoms with Gasteiger partial charge in [0.15, 0.2) is 0 Å². The van der Waals surface area contributed by atoms with Gasteiger partial charge in [0.2, 0.25) is 5.91 Å². The molecule has 0 spiro atoms. The van der Waals surface area contributed by atoms with E-state index in [0.717, 1.165) is 32.2 Å². The molecule has 0 aromatic heterocycles. The number of halogens is 1. The van der Waals surface area contributed by atoms with Crippen LogP contribution in [0.2, 0.25) is 5.02 Å². The first-order valence-electron chi connectivity index (χ1n) is 10.0. The van der Waals surface area contributed by atoms with Crippen LogP contribution in [0.3, 0.4) is 0 Å². The number of piperidine rings is 1. The summed E-state index contributed by atoms with van der Waals surface area (Å²) >= 11 is 5.93. The van der Waals surface area contributed by atoms with Gasteiger partial charge in [-0.15, -0.1) is 0 Å². The van der Waals surface area contributed by atoms with Crippen molar-refractivity contribution in [1.29, 1.82) is 0 Å². The van der Waals surface area contributed by atoms with E-state index >= 15 is 0 Å². The lowest BCUT2D eigenvalue weighted by atomic mass is 9.94. The summed E-state index contributed by atoms with van der Waals surface area (Å²) in [5.74, 6) is 0.0597. The van der Waals surface area contributed by atoms with Crippen LogP contribution in [0.25, 0.3) is 0 Å². The van der Waals surface area contributed by atoms with E-state index in [1.807, 2.05) is 28.0 Å². The summed E-state index contributed by atoms with van der Waals surface area (Å²) in [6.45, 7) is 2.01. The molecule has 0 N–H and O–H groups in total. The van der Waals surface area contributed by atoms with E-state index in [2.05, 4.69) is 12.1 Å². The average molecular weight is 397 g/mol. The van der Waals surface area contributed by atoms with Crippen molar-refractivity contribution in [1.82, 2.24) is 9.80 Å². The second kappa shape index (κ2) is 8.36. The fraction of sp³-hybridized carbons (Fsp3) is 0.391. The number of benzene rings is 2. The van der Waals surface area contributed by atoms with Crippen molar-refractivity contribution in [2.75, 3.05) is 19.6 Å². The molecule has 0 aliphatic carbocycles. The van der Waals surface area contributed by atoms with Gasteiger partial charge in [-0.3, -0.25) is 9.59 Å². The first kappa shape index (κ1) is 19.0. The highest BCUT2D eigenvalue weighted by Gasteiger charge is 2.36. The molecule has 2 aromatic carbocycles. The summed E-state index contributed by atoms with van der Waals surface area (Å²) in [6.07, 6.45) is 3.75. The molecule has 0 radical (unpaired) electrons. The van der Waals surface area contributed by atoms with Crippen LogP contribution in [0.4, 0.5) is 0 Å². The number of carbonyl (C=O) groups excluding carboxylic acids is 2. The number of likely N-dealkylation sites (tertiary alicyclic amines) is 2. The van der Waals surface area contributed by atoms with Crippen LogP contribution in [0.1, 0.15) is 47.6 Å². The number of carbonyl (C=O) groups is 2. The van der Waals surface area contributed by atoms with Crippen molar-refractivity contribution in [3.8, 4) is 0 Å². The van der Waals surface area contributed by atoms with E-state index in [9.17, 15) is 9.59 Å². The standard InChI is InChI=1S/C23H25ClN2O2/c24-20-12-10-18(11-13-20)22(27)25-14-4-8-19(16-25)23(28)26-15-5-9-21(26)17-6-2-1-3-7-17/h1-3,6-7,10-13,19,21H,4-5,8-9,14-16H2/t19-,21+/m1/s1. The predicted molar refractivity (Wildman–Crippen MR) is 110 cm³/mol. The predicted octanol–water partition coefficient (Wildman–Crippen LogP) is 4.56. The number of hydrogen-bond donors (Lipinski definition) is 0. The lowest BCUT2D eigenvalue weighted by Gasteiger charge is -2.35. The Hall–Kier alpha value is -2.33. The molecule has 146 valence electrons. The van der Waals surface area contributed by atoms with Gasteiger partial charge in [0.1, 0.15) is 0 Å². The van der Waals surface area contributed by atoms with E-state index in [-0.39, 0.29) is 23.8 Å². The van der Waals surface area contributed by atoms with Gasteiger partial charge in [-0.2, -0.15) is 0 Å². The number of nitrogens with zero attached hydrogens (tertiary/aromatic N) is 2. The molecule has 2 aromatic rings. The monoisotopic (exact) mass is 396 g/mol. The van der Waals surface area contributed by atoms with E-state index in [1.54, 1.807) is 24.3 Å². The molecule has 2 aliphatic heterocycles. The lowest BCUT2D eigenvalue weighted by Crippen LogP contribution is -2.46. The molecule has 2 saturated heterocycles. The van der Waals surface area contributed by atoms with Gasteiger partial charge in [-0.05, 0) is 55.5 Å². The van der Waals surface area contributed by atoms with E-state index < -0.39 is 0 Å². The largest absolute Gasteiger partial charge is 0.338 e. The average Bonchev–Trinajstić information content (AvgIpc) is 3.24. The van der Waals surface area contributed by atoms with Gasteiger partial charge in [0.05, 0.1) is 12.0 Å². The Morgan fingerprint density at radius 2 is 1.61 bits per heavy atom. The van der Waals surface area contributed by atoms with Crippen molar-refractivity contribution in [3.63, 3.8) is 0 Å². The molecule has 0 bridgehead atoms. The van der Waals surface area contributed by atoms with Gasteiger partial charge in [0.25, 0.3) is 5.91 Å². The first-order chi connectivity index (χ1) is 13.6. The highest BCUT2D eigenvalue weighted by molar-refractivity contribution is 6.30. The van der Waals surface area contributed by atoms with Crippen LogP contribution < -0.4 is 0 Å². The summed E-state index contributed by atoms with van der Waals surface area (Å²) in [6, 6.07) is 17.4. The third-order valence-corrected chi connectivity index (χ3v) is 6.12. The zero-order chi connectivity index (χ0) is 19.5. The summed E-state index contributed by atoms with van der Waals surface area (Å²) in [4.78, 5) is 30.0. The molecule has 2 heterocycles. The van der Waals surface area contributed by atoms with Gasteiger partial charge in [0, 0.05) is 30.2 Å². The Morgan fingerprint density at radius 1 is 0.893 bits per heavy atom.